The Morgan fingerprint density at radius 1 is 1.30 bits per heavy atom. The van der Waals surface area contributed by atoms with Crippen LogP contribution in [0.25, 0.3) is 0 Å². The molecule has 2 fully saturated rings. The molecule has 2 atom stereocenters. The highest BCUT2D eigenvalue weighted by Gasteiger charge is 2.40. The van der Waals surface area contributed by atoms with Crippen LogP contribution < -0.4 is 5.32 Å². The number of nitrogens with zero attached hydrogens (tertiary/aromatic N) is 1. The van der Waals surface area contributed by atoms with E-state index in [-0.39, 0.29) is 23.6 Å². The molecule has 2 unspecified atom stereocenters. The Morgan fingerprint density at radius 3 is 2.48 bits per heavy atom. The third-order valence-corrected chi connectivity index (χ3v) is 6.04. The number of hydrogen-bond acceptors (Lipinski definition) is 5. The average molecular weight is 417 g/mol. The monoisotopic (exact) mass is 416 g/mol. The van der Waals surface area contributed by atoms with Crippen LogP contribution in [-0.2, 0) is 14.3 Å². The lowest BCUT2D eigenvalue weighted by Gasteiger charge is -2.37. The summed E-state index contributed by atoms with van der Waals surface area (Å²) in [5.74, 6) is -0.334. The van der Waals surface area contributed by atoms with Crippen LogP contribution in [0.3, 0.4) is 0 Å². The summed E-state index contributed by atoms with van der Waals surface area (Å²) < 4.78 is 11.2. The quantitative estimate of drug-likeness (QED) is 0.787. The first-order valence-electron chi connectivity index (χ1n) is 9.17. The van der Waals surface area contributed by atoms with E-state index in [1.54, 1.807) is 6.07 Å². The Bertz CT molecular complexity index is 705. The van der Waals surface area contributed by atoms with E-state index in [4.69, 9.17) is 32.7 Å². The van der Waals surface area contributed by atoms with Crippen LogP contribution >= 0.6 is 23.2 Å². The van der Waals surface area contributed by atoms with Crippen molar-refractivity contribution in [2.24, 2.45) is 5.92 Å². The molecule has 0 aliphatic carbocycles. The lowest BCUT2D eigenvalue weighted by molar-refractivity contribution is -0.161. The molecule has 2 aliphatic heterocycles. The number of halogens is 2. The van der Waals surface area contributed by atoms with Gasteiger partial charge in [-0.25, -0.2) is 0 Å². The maximum absolute atomic E-state index is 12.7. The minimum atomic E-state index is -0.707. The highest BCUT2D eigenvalue weighted by atomic mass is 35.5. The molecule has 0 saturated carbocycles. The van der Waals surface area contributed by atoms with Crippen molar-refractivity contribution in [3.63, 3.8) is 0 Å². The second kappa shape index (κ2) is 8.13. The van der Waals surface area contributed by atoms with Crippen molar-refractivity contribution in [1.82, 2.24) is 10.2 Å². The maximum atomic E-state index is 12.7. The molecular weight excluding hydrogens is 391 g/mol. The van der Waals surface area contributed by atoms with E-state index in [9.17, 15) is 9.90 Å². The number of rotatable bonds is 4. The zero-order valence-electron chi connectivity index (χ0n) is 15.8. The Morgan fingerprint density at radius 2 is 1.93 bits per heavy atom. The van der Waals surface area contributed by atoms with Gasteiger partial charge < -0.3 is 24.8 Å². The summed E-state index contributed by atoms with van der Waals surface area (Å²) in [5.41, 5.74) is 0.728. The number of phenols is 1. The molecule has 1 amide bonds. The van der Waals surface area contributed by atoms with Crippen LogP contribution in [0.4, 0.5) is 0 Å². The molecule has 0 aromatic heterocycles. The minimum Gasteiger partial charge on any atom is -0.508 e. The number of hydrogen-bond donors (Lipinski definition) is 2. The van der Waals surface area contributed by atoms with Crippen molar-refractivity contribution in [2.45, 2.75) is 44.6 Å². The largest absolute Gasteiger partial charge is 0.508 e. The Labute approximate surface area is 169 Å². The molecule has 2 N–H and O–H groups in total. The highest BCUT2D eigenvalue weighted by Crippen LogP contribution is 2.39. The summed E-state index contributed by atoms with van der Waals surface area (Å²) in [6.45, 7) is 5.21. The van der Waals surface area contributed by atoms with Gasteiger partial charge in [0.05, 0.1) is 16.7 Å². The normalized spacial score (nSPS) is 24.2. The summed E-state index contributed by atoms with van der Waals surface area (Å²) in [7, 11) is 1.86. The molecule has 150 valence electrons. The molecule has 3 rings (SSSR count). The van der Waals surface area contributed by atoms with E-state index in [1.165, 1.54) is 6.07 Å². The average Bonchev–Trinajstić information content (AvgIpc) is 3.00. The fourth-order valence-corrected chi connectivity index (χ4v) is 4.24. The summed E-state index contributed by atoms with van der Waals surface area (Å²) in [4.78, 5) is 14.5. The van der Waals surface area contributed by atoms with Crippen LogP contribution in [0.2, 0.25) is 10.0 Å². The topological polar surface area (TPSA) is 71.0 Å². The van der Waals surface area contributed by atoms with E-state index in [1.807, 2.05) is 25.8 Å². The van der Waals surface area contributed by atoms with Gasteiger partial charge in [0.15, 0.2) is 11.9 Å². The van der Waals surface area contributed by atoms with Crippen LogP contribution in [0.5, 0.6) is 5.75 Å². The van der Waals surface area contributed by atoms with Crippen LogP contribution in [0.1, 0.15) is 38.3 Å². The number of aromatic hydroxyl groups is 1. The number of amides is 1. The fraction of sp³-hybridized carbons (Fsp3) is 0.632. The second-order valence-corrected chi connectivity index (χ2v) is 8.39. The third kappa shape index (κ3) is 4.51. The molecule has 0 bridgehead atoms. The van der Waals surface area contributed by atoms with Crippen molar-refractivity contribution in [3.8, 4) is 5.75 Å². The van der Waals surface area contributed by atoms with Gasteiger partial charge in [0.1, 0.15) is 5.75 Å². The minimum absolute atomic E-state index is 0.0163. The molecule has 0 radical (unpaired) electrons. The molecule has 2 saturated heterocycles. The number of ether oxygens (including phenoxy) is 2. The van der Waals surface area contributed by atoms with Gasteiger partial charge in [0, 0.05) is 30.8 Å². The van der Waals surface area contributed by atoms with E-state index in [0.29, 0.717) is 29.7 Å². The van der Waals surface area contributed by atoms with Crippen molar-refractivity contribution >= 4 is 29.1 Å². The second-order valence-electron chi connectivity index (χ2n) is 7.57. The molecule has 2 aliphatic rings. The van der Waals surface area contributed by atoms with Gasteiger partial charge in [-0.1, -0.05) is 23.2 Å². The fourth-order valence-electron chi connectivity index (χ4n) is 3.91. The van der Waals surface area contributed by atoms with Gasteiger partial charge in [-0.3, -0.25) is 4.79 Å². The van der Waals surface area contributed by atoms with Gasteiger partial charge in [-0.2, -0.15) is 0 Å². The number of likely N-dealkylation sites (tertiary alicyclic amines) is 1. The smallest absolute Gasteiger partial charge is 0.254 e. The molecule has 0 spiro atoms. The number of carbonyl (C=O) groups is 1. The molecule has 1 aromatic rings. The van der Waals surface area contributed by atoms with Gasteiger partial charge in [-0.05, 0) is 45.7 Å². The zero-order chi connectivity index (χ0) is 19.8. The predicted octanol–water partition coefficient (Wildman–Crippen LogP) is 3.35. The van der Waals surface area contributed by atoms with Gasteiger partial charge in [-0.15, -0.1) is 0 Å². The number of benzene rings is 1. The van der Waals surface area contributed by atoms with Gasteiger partial charge in [0.25, 0.3) is 5.91 Å². The van der Waals surface area contributed by atoms with E-state index >= 15 is 0 Å². The van der Waals surface area contributed by atoms with Gasteiger partial charge in [0.2, 0.25) is 0 Å². The Balaban J connectivity index is 1.64. The summed E-state index contributed by atoms with van der Waals surface area (Å²) in [5, 5.41) is 14.3. The van der Waals surface area contributed by atoms with Crippen molar-refractivity contribution in [1.29, 1.82) is 0 Å². The van der Waals surface area contributed by atoms with Crippen LogP contribution in [0, 0.1) is 5.92 Å². The standard InChI is InChI=1S/C19H26Cl2N2O4/c1-19(2)26-10-16(27-19)18(25)23-6-4-11(5-7-23)17(22-3)12-8-13(20)14(21)9-15(12)24/h8-9,11,16-17,22,24H,4-7,10H2,1-3H3. The number of phenolic OH excluding ortho intramolecular Hbond substituents is 1. The summed E-state index contributed by atoms with van der Waals surface area (Å²) in [6.07, 6.45) is 1.10. The first-order valence-corrected chi connectivity index (χ1v) is 9.93. The van der Waals surface area contributed by atoms with Crippen molar-refractivity contribution < 1.29 is 19.4 Å². The van der Waals surface area contributed by atoms with Crippen LogP contribution in [-0.4, -0.2) is 54.5 Å². The SMILES string of the molecule is CNC(c1cc(Cl)c(Cl)cc1O)C1CCN(C(=O)C2COC(C)(C)O2)CC1. The van der Waals surface area contributed by atoms with Crippen molar-refractivity contribution in [2.75, 3.05) is 26.7 Å². The first kappa shape index (κ1) is 20.7. The molecule has 6 nitrogen and oxygen atoms in total. The molecular formula is C19H26Cl2N2O4. The first-order chi connectivity index (χ1) is 12.7. The van der Waals surface area contributed by atoms with Crippen molar-refractivity contribution in [3.05, 3.63) is 27.7 Å². The molecule has 2 heterocycles. The molecule has 1 aromatic carbocycles. The number of carbonyl (C=O) groups excluding carboxylic acids is 1. The van der Waals surface area contributed by atoms with E-state index < -0.39 is 11.9 Å². The van der Waals surface area contributed by atoms with Gasteiger partial charge >= 0.3 is 0 Å². The number of nitrogens with one attached hydrogen (secondary N) is 1. The predicted molar refractivity (Wildman–Crippen MR) is 104 cm³/mol. The van der Waals surface area contributed by atoms with E-state index in [2.05, 4.69) is 5.32 Å². The van der Waals surface area contributed by atoms with Crippen LogP contribution in [0.15, 0.2) is 12.1 Å². The Hall–Kier alpha value is -1.05. The van der Waals surface area contributed by atoms with E-state index in [0.717, 1.165) is 18.4 Å². The Kier molecular flexibility index (Phi) is 6.23. The molecule has 8 heteroatoms. The zero-order valence-corrected chi connectivity index (χ0v) is 17.3. The highest BCUT2D eigenvalue weighted by molar-refractivity contribution is 6.42. The third-order valence-electron chi connectivity index (χ3n) is 5.32. The summed E-state index contributed by atoms with van der Waals surface area (Å²) in [6, 6.07) is 3.12. The lowest BCUT2D eigenvalue weighted by Crippen LogP contribution is -2.46. The maximum Gasteiger partial charge on any atom is 0.254 e. The lowest BCUT2D eigenvalue weighted by atomic mass is 9.85. The molecule has 27 heavy (non-hydrogen) atoms. The summed E-state index contributed by atoms with van der Waals surface area (Å²) >= 11 is 12.1. The number of piperidine rings is 1.